The third-order valence-electron chi connectivity index (χ3n) is 3.40. The first-order chi connectivity index (χ1) is 9.63. The number of aromatic carboxylic acids is 1. The topological polar surface area (TPSA) is 95.5 Å². The lowest BCUT2D eigenvalue weighted by atomic mass is 9.90. The third kappa shape index (κ3) is 2.98. The number of carbonyl (C=O) groups excluding carboxylic acids is 1. The summed E-state index contributed by atoms with van der Waals surface area (Å²) in [4.78, 5) is 24.3. The molecule has 1 aromatic rings. The van der Waals surface area contributed by atoms with Gasteiger partial charge in [-0.2, -0.15) is 5.10 Å². The number of likely N-dealkylation sites (tertiary alicyclic amines) is 1. The minimum Gasteiger partial charge on any atom is -0.477 e. The van der Waals surface area contributed by atoms with Crippen molar-refractivity contribution in [3.8, 4) is 0 Å². The highest BCUT2D eigenvalue weighted by Crippen LogP contribution is 2.29. The van der Waals surface area contributed by atoms with Crippen LogP contribution in [0, 0.1) is 0 Å². The zero-order valence-electron chi connectivity index (χ0n) is 11.0. The molecule has 7 nitrogen and oxygen atoms in total. The van der Waals surface area contributed by atoms with Crippen molar-refractivity contribution >= 4 is 12.1 Å². The molecule has 0 spiro atoms. The zero-order valence-corrected chi connectivity index (χ0v) is 11.0. The molecule has 0 aromatic carbocycles. The molecular weight excluding hydrogens is 262 g/mol. The minimum absolute atomic E-state index is 0.100. The summed E-state index contributed by atoms with van der Waals surface area (Å²) in [5.41, 5.74) is 0.842. The van der Waals surface area contributed by atoms with Gasteiger partial charge in [-0.25, -0.2) is 9.59 Å². The molecule has 0 saturated carbocycles. The number of piperidine rings is 1. The van der Waals surface area contributed by atoms with Crippen molar-refractivity contribution in [1.82, 2.24) is 15.1 Å². The molecule has 1 aromatic heterocycles. The molecule has 2 rings (SSSR count). The molecule has 7 heteroatoms. The van der Waals surface area contributed by atoms with Crippen molar-refractivity contribution in [2.75, 3.05) is 19.7 Å². The van der Waals surface area contributed by atoms with Crippen LogP contribution in [0.4, 0.5) is 4.79 Å². The highest BCUT2D eigenvalue weighted by Gasteiger charge is 2.28. The van der Waals surface area contributed by atoms with E-state index in [0.29, 0.717) is 31.5 Å². The number of carboxylic acid groups (broad SMARTS) is 1. The van der Waals surface area contributed by atoms with E-state index < -0.39 is 5.97 Å². The Morgan fingerprint density at radius 3 is 2.85 bits per heavy atom. The Kier molecular flexibility index (Phi) is 4.39. The van der Waals surface area contributed by atoms with E-state index >= 15 is 0 Å². The fourth-order valence-electron chi connectivity index (χ4n) is 2.37. The van der Waals surface area contributed by atoms with Gasteiger partial charge in [0, 0.05) is 18.7 Å². The van der Waals surface area contributed by atoms with Gasteiger partial charge >= 0.3 is 12.1 Å². The van der Waals surface area contributed by atoms with Gasteiger partial charge in [-0.15, -0.1) is 0 Å². The highest BCUT2D eigenvalue weighted by molar-refractivity contribution is 5.87. The van der Waals surface area contributed by atoms with Crippen molar-refractivity contribution in [3.63, 3.8) is 0 Å². The van der Waals surface area contributed by atoms with Crippen LogP contribution in [0.5, 0.6) is 0 Å². The van der Waals surface area contributed by atoms with Crippen LogP contribution in [0.15, 0.2) is 18.9 Å². The molecule has 2 N–H and O–H groups in total. The molecule has 1 aliphatic rings. The lowest BCUT2D eigenvalue weighted by Crippen LogP contribution is -2.38. The van der Waals surface area contributed by atoms with Gasteiger partial charge in [0.25, 0.3) is 0 Å². The second kappa shape index (κ2) is 6.23. The van der Waals surface area contributed by atoms with E-state index in [4.69, 9.17) is 9.84 Å². The fourth-order valence-corrected chi connectivity index (χ4v) is 2.37. The number of rotatable bonds is 4. The molecule has 1 saturated heterocycles. The quantitative estimate of drug-likeness (QED) is 0.816. The molecule has 20 heavy (non-hydrogen) atoms. The van der Waals surface area contributed by atoms with Crippen molar-refractivity contribution in [3.05, 3.63) is 30.1 Å². The van der Waals surface area contributed by atoms with Crippen molar-refractivity contribution in [2.24, 2.45) is 0 Å². The molecule has 0 radical (unpaired) electrons. The molecule has 108 valence electrons. The Balaban J connectivity index is 1.94. The molecule has 0 aliphatic carbocycles. The number of nitrogens with one attached hydrogen (secondary N) is 1. The number of H-pyrrole nitrogens is 1. The highest BCUT2D eigenvalue weighted by atomic mass is 16.6. The number of ether oxygens (including phenoxy) is 1. The van der Waals surface area contributed by atoms with Gasteiger partial charge < -0.3 is 14.7 Å². The summed E-state index contributed by atoms with van der Waals surface area (Å²) in [7, 11) is 0. The molecular formula is C13H17N3O4. The normalized spacial score (nSPS) is 15.9. The summed E-state index contributed by atoms with van der Waals surface area (Å²) in [6.45, 7) is 4.78. The van der Waals surface area contributed by atoms with E-state index in [1.807, 2.05) is 0 Å². The van der Waals surface area contributed by atoms with E-state index in [9.17, 15) is 9.59 Å². The van der Waals surface area contributed by atoms with Crippen molar-refractivity contribution in [1.29, 1.82) is 0 Å². The summed E-state index contributed by atoms with van der Waals surface area (Å²) < 4.78 is 4.97. The number of carbonyl (C=O) groups is 2. The number of hydrogen-bond donors (Lipinski definition) is 2. The predicted molar refractivity (Wildman–Crippen MR) is 70.6 cm³/mol. The molecule has 1 fully saturated rings. The molecule has 0 atom stereocenters. The molecule has 1 aliphatic heterocycles. The average molecular weight is 279 g/mol. The second-order valence-electron chi connectivity index (χ2n) is 4.63. The SMILES string of the molecule is C=CCOC(=O)N1CCC(c2cn[nH]c2C(=O)O)CC1. The van der Waals surface area contributed by atoms with Gasteiger partial charge in [0.15, 0.2) is 0 Å². The average Bonchev–Trinajstić information content (AvgIpc) is 2.94. The Labute approximate surface area is 116 Å². The van der Waals surface area contributed by atoms with Crippen molar-refractivity contribution in [2.45, 2.75) is 18.8 Å². The van der Waals surface area contributed by atoms with Crippen LogP contribution in [0.3, 0.4) is 0 Å². The monoisotopic (exact) mass is 279 g/mol. The van der Waals surface area contributed by atoms with Gasteiger partial charge in [-0.05, 0) is 18.8 Å². The van der Waals surface area contributed by atoms with Crippen LogP contribution in [0.2, 0.25) is 0 Å². The number of amides is 1. The number of carboxylic acids is 1. The van der Waals surface area contributed by atoms with E-state index in [2.05, 4.69) is 16.8 Å². The molecule has 2 heterocycles. The smallest absolute Gasteiger partial charge is 0.410 e. The van der Waals surface area contributed by atoms with Crippen LogP contribution < -0.4 is 0 Å². The van der Waals surface area contributed by atoms with Crippen LogP contribution in [-0.2, 0) is 4.74 Å². The number of aromatic nitrogens is 2. The number of aromatic amines is 1. The van der Waals surface area contributed by atoms with Crippen LogP contribution >= 0.6 is 0 Å². The van der Waals surface area contributed by atoms with E-state index in [-0.39, 0.29) is 24.3 Å². The maximum absolute atomic E-state index is 11.7. The maximum atomic E-state index is 11.7. The van der Waals surface area contributed by atoms with Gasteiger partial charge in [0.1, 0.15) is 12.3 Å². The third-order valence-corrected chi connectivity index (χ3v) is 3.40. The van der Waals surface area contributed by atoms with Gasteiger partial charge in [0.2, 0.25) is 0 Å². The Morgan fingerprint density at radius 1 is 1.55 bits per heavy atom. The second-order valence-corrected chi connectivity index (χ2v) is 4.63. The largest absolute Gasteiger partial charge is 0.477 e. The Hall–Kier alpha value is -2.31. The first-order valence-electron chi connectivity index (χ1n) is 6.42. The predicted octanol–water partition coefficient (Wildman–Crippen LogP) is 1.61. The van der Waals surface area contributed by atoms with Gasteiger partial charge in [-0.3, -0.25) is 5.10 Å². The summed E-state index contributed by atoms with van der Waals surface area (Å²) in [5.74, 6) is -0.909. The lowest BCUT2D eigenvalue weighted by Gasteiger charge is -2.31. The standard InChI is InChI=1S/C13H17N3O4/c1-2-7-20-13(19)16-5-3-9(4-6-16)10-8-14-15-11(10)12(17)18/h2,8-9H,1,3-7H2,(H,14,15)(H,17,18). The van der Waals surface area contributed by atoms with E-state index in [1.165, 1.54) is 6.08 Å². The number of nitrogens with zero attached hydrogens (tertiary/aromatic N) is 2. The summed E-state index contributed by atoms with van der Waals surface area (Å²) in [5, 5.41) is 15.3. The van der Waals surface area contributed by atoms with Crippen LogP contribution in [0.1, 0.15) is 34.8 Å². The molecule has 1 amide bonds. The van der Waals surface area contributed by atoms with Crippen molar-refractivity contribution < 1.29 is 19.4 Å². The molecule has 0 unspecified atom stereocenters. The zero-order chi connectivity index (χ0) is 14.5. The first-order valence-corrected chi connectivity index (χ1v) is 6.42. The number of hydrogen-bond acceptors (Lipinski definition) is 4. The maximum Gasteiger partial charge on any atom is 0.410 e. The van der Waals surface area contributed by atoms with Crippen LogP contribution in [-0.4, -0.2) is 52.0 Å². The first kappa shape index (κ1) is 14.1. The van der Waals surface area contributed by atoms with Crippen LogP contribution in [0.25, 0.3) is 0 Å². The summed E-state index contributed by atoms with van der Waals surface area (Å²) in [6.07, 6.45) is 4.12. The van der Waals surface area contributed by atoms with Gasteiger partial charge in [0.05, 0.1) is 6.20 Å². The van der Waals surface area contributed by atoms with Gasteiger partial charge in [-0.1, -0.05) is 12.7 Å². The van der Waals surface area contributed by atoms with E-state index in [1.54, 1.807) is 11.1 Å². The minimum atomic E-state index is -1.01. The Bertz CT molecular complexity index is 503. The summed E-state index contributed by atoms with van der Waals surface area (Å²) in [6, 6.07) is 0. The molecule has 0 bridgehead atoms. The summed E-state index contributed by atoms with van der Waals surface area (Å²) >= 11 is 0. The van der Waals surface area contributed by atoms with E-state index in [0.717, 1.165) is 0 Å². The Morgan fingerprint density at radius 2 is 2.25 bits per heavy atom. The fraction of sp³-hybridized carbons (Fsp3) is 0.462. The lowest BCUT2D eigenvalue weighted by molar-refractivity contribution is 0.0686.